The number of rotatable bonds is 6. The van der Waals surface area contributed by atoms with E-state index >= 15 is 0 Å². The molecule has 0 aliphatic rings. The molecule has 0 aliphatic carbocycles. The average molecular weight is 429 g/mol. The number of aryl methyl sites for hydroxylation is 1. The van der Waals surface area contributed by atoms with Crippen LogP contribution in [0.15, 0.2) is 44.9 Å². The highest BCUT2D eigenvalue weighted by Crippen LogP contribution is 2.31. The van der Waals surface area contributed by atoms with Crippen LogP contribution in [0.5, 0.6) is 0 Å². The van der Waals surface area contributed by atoms with Crippen molar-refractivity contribution in [1.82, 2.24) is 14.5 Å². The molecule has 29 heavy (non-hydrogen) atoms. The molecule has 3 heterocycles. The number of fused-ring (bicyclic) bond motifs is 1. The number of thiazole rings is 1. The second kappa shape index (κ2) is 7.94. The molecule has 0 bridgehead atoms. The van der Waals surface area contributed by atoms with Crippen LogP contribution in [0.1, 0.15) is 15.4 Å². The highest BCUT2D eigenvalue weighted by molar-refractivity contribution is 7.22. The standard InChI is InChI=1S/C20H20N4O3S2/c1-12-17(29-19(21-12)16-5-4-10-28-16)18(25)22-13-6-7-15-14(11-13)24(20(26)27-15)9-8-23(2)3/h4-7,10-11H,8-9H2,1-3H3,(H,22,25). The molecule has 4 aromatic rings. The molecule has 7 nitrogen and oxygen atoms in total. The fourth-order valence-corrected chi connectivity index (χ4v) is 4.71. The minimum Gasteiger partial charge on any atom is -0.408 e. The van der Waals surface area contributed by atoms with E-state index in [1.165, 1.54) is 11.3 Å². The smallest absolute Gasteiger partial charge is 0.408 e. The molecular formula is C20H20N4O3S2. The van der Waals surface area contributed by atoms with Crippen molar-refractivity contribution in [2.24, 2.45) is 0 Å². The monoisotopic (exact) mass is 428 g/mol. The first-order valence-corrected chi connectivity index (χ1v) is 10.7. The maximum absolute atomic E-state index is 12.8. The molecule has 1 N–H and O–H groups in total. The van der Waals surface area contributed by atoms with Gasteiger partial charge in [0.25, 0.3) is 5.91 Å². The molecule has 9 heteroatoms. The van der Waals surface area contributed by atoms with Crippen LogP contribution in [-0.4, -0.2) is 41.0 Å². The van der Waals surface area contributed by atoms with E-state index < -0.39 is 5.76 Å². The number of nitrogens with one attached hydrogen (secondary N) is 1. The van der Waals surface area contributed by atoms with Crippen molar-refractivity contribution in [1.29, 1.82) is 0 Å². The van der Waals surface area contributed by atoms with Crippen molar-refractivity contribution in [3.8, 4) is 9.88 Å². The first-order valence-electron chi connectivity index (χ1n) is 9.03. The quantitative estimate of drug-likeness (QED) is 0.504. The number of hydrogen-bond acceptors (Lipinski definition) is 7. The van der Waals surface area contributed by atoms with Gasteiger partial charge in [-0.15, -0.1) is 22.7 Å². The third-order valence-corrected chi connectivity index (χ3v) is 6.63. The Morgan fingerprint density at radius 1 is 1.31 bits per heavy atom. The van der Waals surface area contributed by atoms with Gasteiger partial charge in [0.2, 0.25) is 0 Å². The van der Waals surface area contributed by atoms with Crippen LogP contribution in [0.4, 0.5) is 5.69 Å². The van der Waals surface area contributed by atoms with Crippen LogP contribution in [0.25, 0.3) is 21.0 Å². The Labute approximate surface area is 175 Å². The molecule has 1 aromatic carbocycles. The summed E-state index contributed by atoms with van der Waals surface area (Å²) in [6, 6.07) is 9.16. The Bertz CT molecular complexity index is 1220. The molecule has 0 aliphatic heterocycles. The van der Waals surface area contributed by atoms with E-state index in [-0.39, 0.29) is 5.91 Å². The van der Waals surface area contributed by atoms with Crippen molar-refractivity contribution < 1.29 is 9.21 Å². The molecule has 0 saturated carbocycles. The lowest BCUT2D eigenvalue weighted by atomic mass is 10.2. The van der Waals surface area contributed by atoms with Gasteiger partial charge in [0.05, 0.1) is 16.1 Å². The SMILES string of the molecule is Cc1nc(-c2cccs2)sc1C(=O)Nc1ccc2oc(=O)n(CCN(C)C)c2c1. The molecule has 0 atom stereocenters. The zero-order valence-corrected chi connectivity index (χ0v) is 17.9. The summed E-state index contributed by atoms with van der Waals surface area (Å²) in [7, 11) is 3.89. The van der Waals surface area contributed by atoms with Crippen LogP contribution < -0.4 is 11.1 Å². The maximum Gasteiger partial charge on any atom is 0.419 e. The van der Waals surface area contributed by atoms with Crippen LogP contribution in [0, 0.1) is 6.92 Å². The van der Waals surface area contributed by atoms with Crippen molar-refractivity contribution in [3.63, 3.8) is 0 Å². The number of oxazole rings is 1. The Morgan fingerprint density at radius 3 is 2.86 bits per heavy atom. The second-order valence-electron chi connectivity index (χ2n) is 6.87. The van der Waals surface area contributed by atoms with Gasteiger partial charge in [0, 0.05) is 18.8 Å². The summed E-state index contributed by atoms with van der Waals surface area (Å²) >= 11 is 2.97. The number of hydrogen-bond donors (Lipinski definition) is 1. The van der Waals surface area contributed by atoms with E-state index in [0.717, 1.165) is 9.88 Å². The summed E-state index contributed by atoms with van der Waals surface area (Å²) in [6.07, 6.45) is 0. The van der Waals surface area contributed by atoms with E-state index in [0.29, 0.717) is 40.4 Å². The second-order valence-corrected chi connectivity index (χ2v) is 8.82. The Morgan fingerprint density at radius 2 is 2.14 bits per heavy atom. The third-order valence-electron chi connectivity index (χ3n) is 4.43. The van der Waals surface area contributed by atoms with E-state index in [9.17, 15) is 9.59 Å². The molecule has 150 valence electrons. The number of anilines is 1. The van der Waals surface area contributed by atoms with E-state index in [1.807, 2.05) is 43.4 Å². The lowest BCUT2D eigenvalue weighted by Gasteiger charge is -2.10. The number of nitrogens with zero attached hydrogens (tertiary/aromatic N) is 3. The summed E-state index contributed by atoms with van der Waals surface area (Å²) in [5.74, 6) is -0.614. The lowest BCUT2D eigenvalue weighted by molar-refractivity contribution is 0.103. The van der Waals surface area contributed by atoms with Gasteiger partial charge >= 0.3 is 5.76 Å². The van der Waals surface area contributed by atoms with Crippen LogP contribution in [0.3, 0.4) is 0 Å². The molecular weight excluding hydrogens is 408 g/mol. The van der Waals surface area contributed by atoms with Gasteiger partial charge in [0.15, 0.2) is 5.58 Å². The molecule has 0 saturated heterocycles. The highest BCUT2D eigenvalue weighted by Gasteiger charge is 2.18. The fourth-order valence-electron chi connectivity index (χ4n) is 2.95. The normalized spacial score (nSPS) is 11.4. The van der Waals surface area contributed by atoms with Gasteiger partial charge in [-0.3, -0.25) is 9.36 Å². The molecule has 0 unspecified atom stereocenters. The molecule has 4 rings (SSSR count). The minimum atomic E-state index is -0.399. The molecule has 0 spiro atoms. The number of carbonyl (C=O) groups excluding carboxylic acids is 1. The average Bonchev–Trinajstić information content (AvgIpc) is 3.38. The topological polar surface area (TPSA) is 80.4 Å². The fraction of sp³-hybridized carbons (Fsp3) is 0.250. The predicted molar refractivity (Wildman–Crippen MR) is 117 cm³/mol. The zero-order valence-electron chi connectivity index (χ0n) is 16.3. The largest absolute Gasteiger partial charge is 0.419 e. The van der Waals surface area contributed by atoms with Gasteiger partial charge in [-0.1, -0.05) is 6.07 Å². The third kappa shape index (κ3) is 4.02. The maximum atomic E-state index is 12.8. The van der Waals surface area contributed by atoms with Crippen molar-refractivity contribution in [3.05, 3.63) is 56.8 Å². The van der Waals surface area contributed by atoms with Crippen LogP contribution in [0.2, 0.25) is 0 Å². The van der Waals surface area contributed by atoms with Gasteiger partial charge in [0.1, 0.15) is 9.88 Å². The van der Waals surface area contributed by atoms with Crippen molar-refractivity contribution in [2.45, 2.75) is 13.5 Å². The highest BCUT2D eigenvalue weighted by atomic mass is 32.1. The first-order chi connectivity index (χ1) is 13.9. The Kier molecular flexibility index (Phi) is 5.35. The minimum absolute atomic E-state index is 0.215. The zero-order chi connectivity index (χ0) is 20.5. The van der Waals surface area contributed by atoms with Crippen LogP contribution in [-0.2, 0) is 6.54 Å². The van der Waals surface area contributed by atoms with Gasteiger partial charge in [-0.05, 0) is 50.7 Å². The van der Waals surface area contributed by atoms with Gasteiger partial charge < -0.3 is 14.6 Å². The summed E-state index contributed by atoms with van der Waals surface area (Å²) < 4.78 is 6.89. The summed E-state index contributed by atoms with van der Waals surface area (Å²) in [5, 5.41) is 5.74. The predicted octanol–water partition coefficient (Wildman–Crippen LogP) is 3.90. The van der Waals surface area contributed by atoms with Gasteiger partial charge in [-0.25, -0.2) is 9.78 Å². The van der Waals surface area contributed by atoms with Crippen LogP contribution >= 0.6 is 22.7 Å². The van der Waals surface area contributed by atoms with E-state index in [1.54, 1.807) is 34.1 Å². The number of carbonyl (C=O) groups is 1. The number of aromatic nitrogens is 2. The van der Waals surface area contributed by atoms with Gasteiger partial charge in [-0.2, -0.15) is 0 Å². The number of amides is 1. The molecule has 1 amide bonds. The Balaban J connectivity index is 1.60. The molecule has 0 radical (unpaired) electrons. The van der Waals surface area contributed by atoms with E-state index in [2.05, 4.69) is 10.3 Å². The summed E-state index contributed by atoms with van der Waals surface area (Å²) in [6.45, 7) is 3.05. The van der Waals surface area contributed by atoms with Crippen molar-refractivity contribution in [2.75, 3.05) is 26.0 Å². The van der Waals surface area contributed by atoms with E-state index in [4.69, 9.17) is 4.42 Å². The van der Waals surface area contributed by atoms with Crippen molar-refractivity contribution >= 4 is 45.4 Å². The Hall–Kier alpha value is -2.75. The first kappa shape index (κ1) is 19.6. The number of likely N-dealkylation sites (N-methyl/N-ethyl adjacent to an activating group) is 1. The number of benzene rings is 1. The molecule has 0 fully saturated rings. The lowest BCUT2D eigenvalue weighted by Crippen LogP contribution is -2.23. The summed E-state index contributed by atoms with van der Waals surface area (Å²) in [5.41, 5.74) is 2.46. The summed E-state index contributed by atoms with van der Waals surface area (Å²) in [4.78, 5) is 33.1. The molecule has 3 aromatic heterocycles. The number of thiophene rings is 1.